The lowest BCUT2D eigenvalue weighted by Crippen LogP contribution is -2.54. The van der Waals surface area contributed by atoms with E-state index in [1.165, 1.54) is 5.56 Å². The molecular weight excluding hydrogens is 386 g/mol. The molecule has 1 aromatic heterocycles. The van der Waals surface area contributed by atoms with Crippen LogP contribution in [-0.2, 0) is 4.79 Å². The highest BCUT2D eigenvalue weighted by Crippen LogP contribution is 2.24. The van der Waals surface area contributed by atoms with Crippen molar-refractivity contribution in [3.8, 4) is 0 Å². The predicted octanol–water partition coefficient (Wildman–Crippen LogP) is 3.80. The Morgan fingerprint density at radius 2 is 1.74 bits per heavy atom. The number of benzene rings is 2. The highest BCUT2D eigenvalue weighted by molar-refractivity contribution is 5.91. The van der Waals surface area contributed by atoms with Crippen LogP contribution in [0.1, 0.15) is 38.3 Å². The smallest absolute Gasteiger partial charge is 0.237 e. The number of anilines is 1. The van der Waals surface area contributed by atoms with Crippen LogP contribution in [0.15, 0.2) is 60.8 Å². The zero-order valence-corrected chi connectivity index (χ0v) is 18.4. The number of rotatable bonds is 7. The lowest BCUT2D eigenvalue weighted by Gasteiger charge is -2.38. The molecule has 6 nitrogen and oxygen atoms in total. The van der Waals surface area contributed by atoms with Crippen molar-refractivity contribution in [2.24, 2.45) is 0 Å². The summed E-state index contributed by atoms with van der Waals surface area (Å²) < 4.78 is 0. The van der Waals surface area contributed by atoms with E-state index in [0.29, 0.717) is 0 Å². The summed E-state index contributed by atoms with van der Waals surface area (Å²) in [4.78, 5) is 17.6. The molecule has 1 aliphatic rings. The second kappa shape index (κ2) is 9.88. The first-order chi connectivity index (χ1) is 15.2. The van der Waals surface area contributed by atoms with Gasteiger partial charge >= 0.3 is 0 Å². The zero-order valence-electron chi connectivity index (χ0n) is 18.4. The number of carbonyl (C=O) groups excluding carboxylic acids is 1. The molecule has 6 heteroatoms. The normalized spacial score (nSPS) is 16.8. The first-order valence-electron chi connectivity index (χ1n) is 11.2. The van der Waals surface area contributed by atoms with E-state index in [2.05, 4.69) is 56.5 Å². The quantitative estimate of drug-likeness (QED) is 0.634. The van der Waals surface area contributed by atoms with Crippen molar-refractivity contribution in [2.75, 3.05) is 31.1 Å². The van der Waals surface area contributed by atoms with Gasteiger partial charge in [-0.05, 0) is 18.9 Å². The lowest BCUT2D eigenvalue weighted by atomic mass is 10.0. The van der Waals surface area contributed by atoms with Crippen molar-refractivity contribution >= 4 is 22.5 Å². The van der Waals surface area contributed by atoms with Gasteiger partial charge in [0.1, 0.15) is 0 Å². The molecule has 0 bridgehead atoms. The molecule has 31 heavy (non-hydrogen) atoms. The summed E-state index contributed by atoms with van der Waals surface area (Å²) >= 11 is 0. The van der Waals surface area contributed by atoms with Gasteiger partial charge in [0, 0.05) is 37.0 Å². The van der Waals surface area contributed by atoms with Crippen molar-refractivity contribution < 1.29 is 4.79 Å². The van der Waals surface area contributed by atoms with E-state index >= 15 is 0 Å². The lowest BCUT2D eigenvalue weighted by molar-refractivity contribution is -0.126. The van der Waals surface area contributed by atoms with E-state index in [0.717, 1.165) is 55.6 Å². The molecule has 0 unspecified atom stereocenters. The van der Waals surface area contributed by atoms with Crippen molar-refractivity contribution in [1.82, 2.24) is 20.4 Å². The van der Waals surface area contributed by atoms with Crippen LogP contribution >= 0.6 is 0 Å². The molecule has 2 aromatic carbocycles. The monoisotopic (exact) mass is 417 g/mol. The molecule has 3 aromatic rings. The third kappa shape index (κ3) is 4.85. The summed E-state index contributed by atoms with van der Waals surface area (Å²) in [7, 11) is 0. The van der Waals surface area contributed by atoms with E-state index in [1.54, 1.807) is 6.20 Å². The molecule has 1 saturated heterocycles. The molecule has 1 fully saturated rings. The Balaban J connectivity index is 1.38. The van der Waals surface area contributed by atoms with Gasteiger partial charge in [0.15, 0.2) is 5.82 Å². The van der Waals surface area contributed by atoms with Crippen LogP contribution in [0.25, 0.3) is 10.8 Å². The summed E-state index contributed by atoms with van der Waals surface area (Å²) in [6.45, 7) is 7.47. The molecule has 0 radical (unpaired) electrons. The second-order valence-corrected chi connectivity index (χ2v) is 8.21. The SMILES string of the molecule is CCC[C@H](NC(=O)[C@@H](C)N1CCN(c2nncc3ccccc23)CC1)c1ccccc1. The number of hydrogen-bond acceptors (Lipinski definition) is 5. The van der Waals surface area contributed by atoms with Gasteiger partial charge in [0.2, 0.25) is 5.91 Å². The van der Waals surface area contributed by atoms with Gasteiger partial charge in [-0.25, -0.2) is 0 Å². The Morgan fingerprint density at radius 1 is 1.03 bits per heavy atom. The molecule has 0 spiro atoms. The minimum atomic E-state index is -0.163. The van der Waals surface area contributed by atoms with Crippen LogP contribution in [0.3, 0.4) is 0 Å². The maximum atomic E-state index is 13.0. The Bertz CT molecular complexity index is 996. The summed E-state index contributed by atoms with van der Waals surface area (Å²) in [5.74, 6) is 1.03. The number of carbonyl (C=O) groups is 1. The number of hydrogen-bond donors (Lipinski definition) is 1. The van der Waals surface area contributed by atoms with Gasteiger partial charge in [-0.2, -0.15) is 5.10 Å². The minimum Gasteiger partial charge on any atom is -0.352 e. The maximum absolute atomic E-state index is 13.0. The molecule has 1 aliphatic heterocycles. The number of nitrogens with zero attached hydrogens (tertiary/aromatic N) is 4. The average Bonchev–Trinajstić information content (AvgIpc) is 2.83. The first-order valence-corrected chi connectivity index (χ1v) is 11.2. The Kier molecular flexibility index (Phi) is 6.77. The Labute approximate surface area is 184 Å². The predicted molar refractivity (Wildman–Crippen MR) is 125 cm³/mol. The van der Waals surface area contributed by atoms with E-state index in [-0.39, 0.29) is 18.0 Å². The summed E-state index contributed by atoms with van der Waals surface area (Å²) in [5, 5.41) is 14.1. The van der Waals surface area contributed by atoms with Gasteiger partial charge in [-0.1, -0.05) is 67.9 Å². The van der Waals surface area contributed by atoms with E-state index < -0.39 is 0 Å². The van der Waals surface area contributed by atoms with E-state index in [4.69, 9.17) is 0 Å². The van der Waals surface area contributed by atoms with E-state index in [9.17, 15) is 4.79 Å². The van der Waals surface area contributed by atoms with Crippen molar-refractivity contribution in [2.45, 2.75) is 38.8 Å². The fourth-order valence-electron chi connectivity index (χ4n) is 4.32. The largest absolute Gasteiger partial charge is 0.352 e. The Hall–Kier alpha value is -2.99. The molecule has 0 aliphatic carbocycles. The van der Waals surface area contributed by atoms with Crippen LogP contribution in [0, 0.1) is 0 Å². The molecule has 2 heterocycles. The third-order valence-electron chi connectivity index (χ3n) is 6.19. The van der Waals surface area contributed by atoms with E-state index in [1.807, 2.05) is 37.3 Å². The zero-order chi connectivity index (χ0) is 21.6. The minimum absolute atomic E-state index is 0.0633. The van der Waals surface area contributed by atoms with Gasteiger partial charge in [0.25, 0.3) is 0 Å². The first kappa shape index (κ1) is 21.2. The molecule has 4 rings (SSSR count). The van der Waals surface area contributed by atoms with Crippen molar-refractivity contribution in [3.63, 3.8) is 0 Å². The Morgan fingerprint density at radius 3 is 2.48 bits per heavy atom. The van der Waals surface area contributed by atoms with Gasteiger partial charge in [-0.3, -0.25) is 9.69 Å². The molecule has 0 saturated carbocycles. The topological polar surface area (TPSA) is 61.4 Å². The number of piperazine rings is 1. The third-order valence-corrected chi connectivity index (χ3v) is 6.19. The van der Waals surface area contributed by atoms with Crippen LogP contribution in [-0.4, -0.2) is 53.2 Å². The van der Waals surface area contributed by atoms with Crippen molar-refractivity contribution in [1.29, 1.82) is 0 Å². The average molecular weight is 418 g/mol. The number of nitrogens with one attached hydrogen (secondary N) is 1. The van der Waals surface area contributed by atoms with Gasteiger partial charge < -0.3 is 10.2 Å². The van der Waals surface area contributed by atoms with Crippen molar-refractivity contribution in [3.05, 3.63) is 66.4 Å². The second-order valence-electron chi connectivity index (χ2n) is 8.21. The summed E-state index contributed by atoms with van der Waals surface area (Å²) in [5.41, 5.74) is 1.17. The van der Waals surface area contributed by atoms with Crippen LogP contribution < -0.4 is 10.2 Å². The molecule has 1 amide bonds. The van der Waals surface area contributed by atoms with Crippen LogP contribution in [0.4, 0.5) is 5.82 Å². The fourth-order valence-corrected chi connectivity index (χ4v) is 4.32. The number of aromatic nitrogens is 2. The molecular formula is C25H31N5O. The molecule has 1 N–H and O–H groups in total. The molecule has 162 valence electrons. The summed E-state index contributed by atoms with van der Waals surface area (Å²) in [6, 6.07) is 18.4. The maximum Gasteiger partial charge on any atom is 0.237 e. The summed E-state index contributed by atoms with van der Waals surface area (Å²) in [6.07, 6.45) is 3.77. The van der Waals surface area contributed by atoms with Gasteiger partial charge in [-0.15, -0.1) is 5.10 Å². The fraction of sp³-hybridized carbons (Fsp3) is 0.400. The molecule has 2 atom stereocenters. The number of amides is 1. The van der Waals surface area contributed by atoms with Crippen LogP contribution in [0.5, 0.6) is 0 Å². The van der Waals surface area contributed by atoms with Crippen LogP contribution in [0.2, 0.25) is 0 Å². The van der Waals surface area contributed by atoms with Gasteiger partial charge in [0.05, 0.1) is 18.3 Å². The number of fused-ring (bicyclic) bond motifs is 1. The highest BCUT2D eigenvalue weighted by Gasteiger charge is 2.28. The highest BCUT2D eigenvalue weighted by atomic mass is 16.2. The standard InChI is InChI=1S/C25H31N5O/c1-3-9-23(20-10-5-4-6-11-20)27-25(31)19(2)29-14-16-30(17-15-29)24-22-13-8-7-12-21(22)18-26-28-24/h4-8,10-13,18-19,23H,3,9,14-17H2,1-2H3,(H,27,31)/t19-,23+/m1/s1.